The molecule has 2 N–H and O–H groups in total. The van der Waals surface area contributed by atoms with Crippen LogP contribution in [0.2, 0.25) is 0 Å². The molecule has 0 aliphatic heterocycles. The van der Waals surface area contributed by atoms with Gasteiger partial charge in [-0.25, -0.2) is 0 Å². The minimum atomic E-state index is 0.351. The topological polar surface area (TPSA) is 29.3 Å². The van der Waals surface area contributed by atoms with Gasteiger partial charge in [-0.05, 0) is 18.9 Å². The Bertz CT molecular complexity index is 102. The Balaban J connectivity index is 3.66. The molecule has 0 saturated carbocycles. The first-order chi connectivity index (χ1) is 5.60. The lowest BCUT2D eigenvalue weighted by Crippen LogP contribution is -2.38. The third kappa shape index (κ3) is 5.56. The smallest absolute Gasteiger partial charge is 0.0165 e. The zero-order chi connectivity index (χ0) is 9.56. The van der Waals surface area contributed by atoms with Crippen molar-refractivity contribution in [3.8, 4) is 0 Å². The maximum absolute atomic E-state index is 5.88. The number of hydrogen-bond donors (Lipinski definition) is 1. The molecular formula is C10H24N2. The summed E-state index contributed by atoms with van der Waals surface area (Å²) >= 11 is 0. The predicted molar refractivity (Wildman–Crippen MR) is 55.2 cm³/mol. The Labute approximate surface area is 77.1 Å². The fraction of sp³-hybridized carbons (Fsp3) is 1.00. The van der Waals surface area contributed by atoms with Gasteiger partial charge >= 0.3 is 0 Å². The van der Waals surface area contributed by atoms with Gasteiger partial charge in [0.05, 0.1) is 0 Å². The van der Waals surface area contributed by atoms with E-state index in [-0.39, 0.29) is 0 Å². The van der Waals surface area contributed by atoms with E-state index < -0.39 is 0 Å². The fourth-order valence-corrected chi connectivity index (χ4v) is 1.31. The number of rotatable bonds is 6. The lowest BCUT2D eigenvalue weighted by molar-refractivity contribution is 0.239. The van der Waals surface area contributed by atoms with Crippen LogP contribution in [-0.2, 0) is 0 Å². The van der Waals surface area contributed by atoms with Gasteiger partial charge in [0.25, 0.3) is 0 Å². The second-order valence-corrected chi connectivity index (χ2v) is 3.91. The Morgan fingerprint density at radius 2 is 1.75 bits per heavy atom. The average molecular weight is 172 g/mol. The molecule has 0 radical (unpaired) electrons. The van der Waals surface area contributed by atoms with Gasteiger partial charge in [0, 0.05) is 19.1 Å². The molecule has 0 aliphatic rings. The summed E-state index contributed by atoms with van der Waals surface area (Å²) in [6, 6.07) is 0.351. The second kappa shape index (κ2) is 6.44. The standard InChI is InChI=1S/C10H24N2/c1-5-10(11)8-12(6-2)7-9(3)4/h9-10H,5-8,11H2,1-4H3. The minimum absolute atomic E-state index is 0.351. The Morgan fingerprint density at radius 3 is 2.08 bits per heavy atom. The van der Waals surface area contributed by atoms with Crippen molar-refractivity contribution in [1.29, 1.82) is 0 Å². The first-order valence-electron chi connectivity index (χ1n) is 5.08. The third-order valence-electron chi connectivity index (χ3n) is 2.09. The molecule has 0 amide bonds. The summed E-state index contributed by atoms with van der Waals surface area (Å²) < 4.78 is 0. The summed E-state index contributed by atoms with van der Waals surface area (Å²) in [5.74, 6) is 0.744. The molecule has 0 spiro atoms. The van der Waals surface area contributed by atoms with Crippen LogP contribution in [0, 0.1) is 5.92 Å². The highest BCUT2D eigenvalue weighted by molar-refractivity contribution is 4.66. The SMILES string of the molecule is CCC(N)CN(CC)CC(C)C. The van der Waals surface area contributed by atoms with Crippen molar-refractivity contribution in [3.05, 3.63) is 0 Å². The molecule has 0 heterocycles. The van der Waals surface area contributed by atoms with Crippen molar-refractivity contribution in [3.63, 3.8) is 0 Å². The summed E-state index contributed by atoms with van der Waals surface area (Å²) in [5.41, 5.74) is 5.88. The predicted octanol–water partition coefficient (Wildman–Crippen LogP) is 1.70. The van der Waals surface area contributed by atoms with Crippen molar-refractivity contribution < 1.29 is 0 Å². The van der Waals surface area contributed by atoms with E-state index in [1.54, 1.807) is 0 Å². The molecule has 1 unspecified atom stereocenters. The van der Waals surface area contributed by atoms with Crippen LogP contribution in [0.15, 0.2) is 0 Å². The monoisotopic (exact) mass is 172 g/mol. The van der Waals surface area contributed by atoms with Crippen molar-refractivity contribution in [1.82, 2.24) is 4.90 Å². The first-order valence-corrected chi connectivity index (χ1v) is 5.08. The molecular weight excluding hydrogens is 148 g/mol. The lowest BCUT2D eigenvalue weighted by atomic mass is 10.1. The highest BCUT2D eigenvalue weighted by atomic mass is 15.1. The normalized spacial score (nSPS) is 14.2. The van der Waals surface area contributed by atoms with Gasteiger partial charge in [0.2, 0.25) is 0 Å². The molecule has 0 rings (SSSR count). The van der Waals surface area contributed by atoms with Crippen molar-refractivity contribution in [2.75, 3.05) is 19.6 Å². The van der Waals surface area contributed by atoms with Gasteiger partial charge in [0.1, 0.15) is 0 Å². The van der Waals surface area contributed by atoms with Crippen molar-refractivity contribution >= 4 is 0 Å². The van der Waals surface area contributed by atoms with E-state index in [9.17, 15) is 0 Å². The molecule has 0 aromatic rings. The molecule has 12 heavy (non-hydrogen) atoms. The van der Waals surface area contributed by atoms with Crippen molar-refractivity contribution in [2.45, 2.75) is 40.2 Å². The van der Waals surface area contributed by atoms with E-state index in [0.717, 1.165) is 25.4 Å². The second-order valence-electron chi connectivity index (χ2n) is 3.91. The number of nitrogens with two attached hydrogens (primary N) is 1. The Hall–Kier alpha value is -0.0800. The maximum Gasteiger partial charge on any atom is 0.0165 e. The molecule has 2 nitrogen and oxygen atoms in total. The van der Waals surface area contributed by atoms with E-state index in [2.05, 4.69) is 32.6 Å². The molecule has 1 atom stereocenters. The molecule has 74 valence electrons. The van der Waals surface area contributed by atoms with E-state index in [0.29, 0.717) is 6.04 Å². The Kier molecular flexibility index (Phi) is 6.39. The zero-order valence-corrected chi connectivity index (χ0v) is 9.01. The molecule has 0 aliphatic carbocycles. The van der Waals surface area contributed by atoms with Crippen LogP contribution >= 0.6 is 0 Å². The quantitative estimate of drug-likeness (QED) is 0.661. The molecule has 2 heteroatoms. The number of hydrogen-bond acceptors (Lipinski definition) is 2. The summed E-state index contributed by atoms with van der Waals surface area (Å²) in [7, 11) is 0. The van der Waals surface area contributed by atoms with Gasteiger partial charge in [0.15, 0.2) is 0 Å². The molecule has 0 aromatic heterocycles. The van der Waals surface area contributed by atoms with Gasteiger partial charge in [-0.3, -0.25) is 0 Å². The van der Waals surface area contributed by atoms with E-state index in [1.807, 2.05) is 0 Å². The molecule has 0 saturated heterocycles. The summed E-state index contributed by atoms with van der Waals surface area (Å²) in [6.07, 6.45) is 1.08. The van der Waals surface area contributed by atoms with Crippen LogP contribution in [0.3, 0.4) is 0 Å². The summed E-state index contributed by atoms with van der Waals surface area (Å²) in [6.45, 7) is 12.2. The largest absolute Gasteiger partial charge is 0.327 e. The summed E-state index contributed by atoms with van der Waals surface area (Å²) in [4.78, 5) is 2.43. The maximum atomic E-state index is 5.88. The molecule has 0 bridgehead atoms. The zero-order valence-electron chi connectivity index (χ0n) is 9.01. The fourth-order valence-electron chi connectivity index (χ4n) is 1.31. The van der Waals surface area contributed by atoms with Crippen LogP contribution in [0.25, 0.3) is 0 Å². The highest BCUT2D eigenvalue weighted by Gasteiger charge is 2.08. The van der Waals surface area contributed by atoms with Crippen LogP contribution in [0.1, 0.15) is 34.1 Å². The molecule has 0 fully saturated rings. The average Bonchev–Trinajstić information content (AvgIpc) is 2.02. The van der Waals surface area contributed by atoms with E-state index >= 15 is 0 Å². The van der Waals surface area contributed by atoms with Crippen LogP contribution < -0.4 is 5.73 Å². The van der Waals surface area contributed by atoms with E-state index in [1.165, 1.54) is 6.54 Å². The van der Waals surface area contributed by atoms with Gasteiger partial charge in [-0.15, -0.1) is 0 Å². The Morgan fingerprint density at radius 1 is 1.17 bits per heavy atom. The minimum Gasteiger partial charge on any atom is -0.327 e. The van der Waals surface area contributed by atoms with Crippen LogP contribution in [-0.4, -0.2) is 30.6 Å². The van der Waals surface area contributed by atoms with E-state index in [4.69, 9.17) is 5.73 Å². The molecule has 0 aromatic carbocycles. The number of likely N-dealkylation sites (N-methyl/N-ethyl adjacent to an activating group) is 1. The van der Waals surface area contributed by atoms with Gasteiger partial charge < -0.3 is 10.6 Å². The first kappa shape index (κ1) is 11.9. The van der Waals surface area contributed by atoms with Gasteiger partial charge in [-0.2, -0.15) is 0 Å². The van der Waals surface area contributed by atoms with Crippen LogP contribution in [0.5, 0.6) is 0 Å². The summed E-state index contributed by atoms with van der Waals surface area (Å²) in [5, 5.41) is 0. The lowest BCUT2D eigenvalue weighted by Gasteiger charge is -2.25. The highest BCUT2D eigenvalue weighted by Crippen LogP contribution is 2.00. The number of nitrogens with zero attached hydrogens (tertiary/aromatic N) is 1. The van der Waals surface area contributed by atoms with Gasteiger partial charge in [-0.1, -0.05) is 27.7 Å². The van der Waals surface area contributed by atoms with Crippen molar-refractivity contribution in [2.24, 2.45) is 11.7 Å². The third-order valence-corrected chi connectivity index (χ3v) is 2.09. The van der Waals surface area contributed by atoms with Crippen LogP contribution in [0.4, 0.5) is 0 Å².